The van der Waals surface area contributed by atoms with Crippen LogP contribution in [0.2, 0.25) is 0 Å². The highest BCUT2D eigenvalue weighted by molar-refractivity contribution is 5.82. The second-order valence-electron chi connectivity index (χ2n) is 5.04. The predicted molar refractivity (Wildman–Crippen MR) is 46.7 cm³/mol. The minimum Gasteiger partial charge on any atom is -0.299 e. The van der Waals surface area contributed by atoms with E-state index in [2.05, 4.69) is 0 Å². The molecule has 1 nitrogen and oxygen atoms in total. The zero-order chi connectivity index (χ0) is 8.13. The molecule has 3 aliphatic rings. The van der Waals surface area contributed by atoms with Crippen molar-refractivity contribution in [2.45, 2.75) is 38.5 Å². The molecule has 0 aromatic carbocycles. The predicted octanol–water partition coefficient (Wildman–Crippen LogP) is 2.40. The van der Waals surface area contributed by atoms with E-state index in [0.717, 1.165) is 24.2 Å². The quantitative estimate of drug-likeness (QED) is 0.537. The fourth-order valence-corrected chi connectivity index (χ4v) is 3.75. The van der Waals surface area contributed by atoms with Crippen molar-refractivity contribution in [3.8, 4) is 0 Å². The van der Waals surface area contributed by atoms with Crippen LogP contribution in [-0.2, 0) is 4.79 Å². The Morgan fingerprint density at radius 2 is 1.92 bits per heavy atom. The molecule has 3 rings (SSSR count). The molecule has 0 spiro atoms. The molecule has 3 bridgehead atoms. The van der Waals surface area contributed by atoms with Gasteiger partial charge in [-0.2, -0.15) is 0 Å². The van der Waals surface area contributed by atoms with Gasteiger partial charge in [-0.15, -0.1) is 0 Å². The summed E-state index contributed by atoms with van der Waals surface area (Å²) in [5.41, 5.74) is 0. The molecule has 4 atom stereocenters. The second-order valence-corrected chi connectivity index (χ2v) is 5.04. The van der Waals surface area contributed by atoms with Crippen LogP contribution in [0.15, 0.2) is 0 Å². The summed E-state index contributed by atoms with van der Waals surface area (Å²) in [6.45, 7) is 0. The third-order valence-corrected chi connectivity index (χ3v) is 4.37. The van der Waals surface area contributed by atoms with Crippen LogP contribution < -0.4 is 0 Å². The topological polar surface area (TPSA) is 17.1 Å². The third kappa shape index (κ3) is 0.884. The number of carbonyl (C=O) groups is 1. The standard InChI is InChI=1S/C11H16O/c12-11-6-8-2-1-7-3-9(8)5-10(11)4-7/h7-10H,1-6H2/t7-,8-,9+,10-/m0/s1. The maximum Gasteiger partial charge on any atom is 0.136 e. The fraction of sp³-hybridized carbons (Fsp3) is 0.909. The molecule has 0 aromatic heterocycles. The van der Waals surface area contributed by atoms with Crippen molar-refractivity contribution < 1.29 is 4.79 Å². The first-order valence-electron chi connectivity index (χ1n) is 5.35. The van der Waals surface area contributed by atoms with Gasteiger partial charge in [-0.25, -0.2) is 0 Å². The molecule has 3 aliphatic carbocycles. The van der Waals surface area contributed by atoms with E-state index in [-0.39, 0.29) is 0 Å². The van der Waals surface area contributed by atoms with Crippen molar-refractivity contribution in [3.05, 3.63) is 0 Å². The molecule has 12 heavy (non-hydrogen) atoms. The molecule has 0 unspecified atom stereocenters. The van der Waals surface area contributed by atoms with Crippen LogP contribution in [0, 0.1) is 23.7 Å². The van der Waals surface area contributed by atoms with Crippen LogP contribution in [0.3, 0.4) is 0 Å². The summed E-state index contributed by atoms with van der Waals surface area (Å²) in [5, 5.41) is 0. The Hall–Kier alpha value is -0.330. The second kappa shape index (κ2) is 2.34. The molecule has 3 saturated carbocycles. The number of rotatable bonds is 0. The van der Waals surface area contributed by atoms with Gasteiger partial charge in [0.15, 0.2) is 0 Å². The molecule has 1 heteroatoms. The largest absolute Gasteiger partial charge is 0.299 e. The van der Waals surface area contributed by atoms with Gasteiger partial charge in [0.1, 0.15) is 5.78 Å². The van der Waals surface area contributed by atoms with E-state index in [1.807, 2.05) is 0 Å². The van der Waals surface area contributed by atoms with E-state index in [1.165, 1.54) is 32.1 Å². The van der Waals surface area contributed by atoms with Crippen LogP contribution in [0.5, 0.6) is 0 Å². The normalized spacial score (nSPS) is 51.2. The average Bonchev–Trinajstić information content (AvgIpc) is 2.07. The monoisotopic (exact) mass is 164 g/mol. The number of fused-ring (bicyclic) bond motifs is 2. The number of ketones is 1. The molecule has 66 valence electrons. The molecule has 0 aliphatic heterocycles. The summed E-state index contributed by atoms with van der Waals surface area (Å²) in [6, 6.07) is 0. The Bertz CT molecular complexity index is 219. The summed E-state index contributed by atoms with van der Waals surface area (Å²) in [7, 11) is 0. The molecular formula is C11H16O. The van der Waals surface area contributed by atoms with Crippen LogP contribution in [0.1, 0.15) is 38.5 Å². The molecule has 3 fully saturated rings. The van der Waals surface area contributed by atoms with Gasteiger partial charge in [-0.3, -0.25) is 4.79 Å². The summed E-state index contributed by atoms with van der Waals surface area (Å²) in [6.07, 6.45) is 7.65. The summed E-state index contributed by atoms with van der Waals surface area (Å²) < 4.78 is 0. The lowest BCUT2D eigenvalue weighted by atomic mass is 9.57. The minimum absolute atomic E-state index is 0.491. The smallest absolute Gasteiger partial charge is 0.136 e. The molecule has 0 heterocycles. The number of hydrogen-bond donors (Lipinski definition) is 0. The number of Topliss-reactive ketones (excluding diaryl/α,β-unsaturated/α-hetero) is 1. The van der Waals surface area contributed by atoms with Crippen LogP contribution in [0.25, 0.3) is 0 Å². The van der Waals surface area contributed by atoms with Crippen molar-refractivity contribution in [3.63, 3.8) is 0 Å². The van der Waals surface area contributed by atoms with Crippen LogP contribution in [0.4, 0.5) is 0 Å². The van der Waals surface area contributed by atoms with Gasteiger partial charge in [0, 0.05) is 12.3 Å². The highest BCUT2D eigenvalue weighted by atomic mass is 16.1. The molecular weight excluding hydrogens is 148 g/mol. The van der Waals surface area contributed by atoms with Crippen molar-refractivity contribution in [1.29, 1.82) is 0 Å². The van der Waals surface area contributed by atoms with Crippen molar-refractivity contribution in [2.75, 3.05) is 0 Å². The van der Waals surface area contributed by atoms with Gasteiger partial charge in [-0.05, 0) is 43.4 Å². The maximum atomic E-state index is 11.6. The zero-order valence-corrected chi connectivity index (χ0v) is 7.46. The Balaban J connectivity index is 1.92. The number of carbonyl (C=O) groups excluding carboxylic acids is 1. The maximum absolute atomic E-state index is 11.6. The van der Waals surface area contributed by atoms with E-state index < -0.39 is 0 Å². The summed E-state index contributed by atoms with van der Waals surface area (Å²) >= 11 is 0. The fourth-order valence-electron chi connectivity index (χ4n) is 3.75. The Morgan fingerprint density at radius 3 is 2.83 bits per heavy atom. The molecule has 0 radical (unpaired) electrons. The lowest BCUT2D eigenvalue weighted by molar-refractivity contribution is -0.133. The molecule has 0 amide bonds. The Labute approximate surface area is 73.5 Å². The highest BCUT2D eigenvalue weighted by Gasteiger charge is 2.44. The van der Waals surface area contributed by atoms with Gasteiger partial charge in [0.05, 0.1) is 0 Å². The lowest BCUT2D eigenvalue weighted by Crippen LogP contribution is -2.42. The van der Waals surface area contributed by atoms with Gasteiger partial charge in [0.2, 0.25) is 0 Å². The number of hydrogen-bond acceptors (Lipinski definition) is 1. The minimum atomic E-state index is 0.491. The zero-order valence-electron chi connectivity index (χ0n) is 7.46. The molecule has 0 N–H and O–H groups in total. The van der Waals surface area contributed by atoms with E-state index in [0.29, 0.717) is 11.7 Å². The molecule has 0 aromatic rings. The molecule has 0 saturated heterocycles. The van der Waals surface area contributed by atoms with Crippen molar-refractivity contribution >= 4 is 5.78 Å². The van der Waals surface area contributed by atoms with Crippen LogP contribution in [-0.4, -0.2) is 5.78 Å². The highest BCUT2D eigenvalue weighted by Crippen LogP contribution is 2.50. The van der Waals surface area contributed by atoms with E-state index in [4.69, 9.17) is 0 Å². The Kier molecular flexibility index (Phi) is 1.38. The van der Waals surface area contributed by atoms with Crippen LogP contribution >= 0.6 is 0 Å². The van der Waals surface area contributed by atoms with Gasteiger partial charge in [0.25, 0.3) is 0 Å². The van der Waals surface area contributed by atoms with E-state index >= 15 is 0 Å². The van der Waals surface area contributed by atoms with Gasteiger partial charge >= 0.3 is 0 Å². The van der Waals surface area contributed by atoms with Crippen molar-refractivity contribution in [2.24, 2.45) is 23.7 Å². The average molecular weight is 164 g/mol. The van der Waals surface area contributed by atoms with Gasteiger partial charge < -0.3 is 0 Å². The van der Waals surface area contributed by atoms with E-state index in [1.54, 1.807) is 0 Å². The first-order valence-corrected chi connectivity index (χ1v) is 5.35. The Morgan fingerprint density at radius 1 is 1.00 bits per heavy atom. The first-order chi connectivity index (χ1) is 5.83. The van der Waals surface area contributed by atoms with Crippen molar-refractivity contribution in [1.82, 2.24) is 0 Å². The van der Waals surface area contributed by atoms with Gasteiger partial charge in [-0.1, -0.05) is 6.42 Å². The lowest BCUT2D eigenvalue weighted by Gasteiger charge is -2.47. The van der Waals surface area contributed by atoms with E-state index in [9.17, 15) is 4.79 Å². The first kappa shape index (κ1) is 7.11. The SMILES string of the molecule is O=C1C[C@@H]2CC[C@@H]3C[C@H]1C[C@H]2C3. The summed E-state index contributed by atoms with van der Waals surface area (Å²) in [5.74, 6) is 3.76. The summed E-state index contributed by atoms with van der Waals surface area (Å²) in [4.78, 5) is 11.6. The third-order valence-electron chi connectivity index (χ3n) is 4.37.